The number of hydrogen-bond acceptors (Lipinski definition) is 3. The van der Waals surface area contributed by atoms with Crippen LogP contribution in [-0.2, 0) is 0 Å². The molecule has 3 heterocycles. The Kier molecular flexibility index (Phi) is 4.45. The molecule has 6 heteroatoms. The first-order valence-corrected chi connectivity index (χ1v) is 7.80. The molecule has 2 aromatic rings. The standard InChI is InChI=1S/C16H19ClN4O/c1-12(13-3-2-4-18-10-13)20-5-7-21(8-6-20)16(22)15-9-14(17)11-19-15/h2-4,9-12,19H,5-8H2,1H3. The average molecular weight is 319 g/mol. The van der Waals surface area contributed by atoms with Crippen molar-refractivity contribution in [2.45, 2.75) is 13.0 Å². The lowest BCUT2D eigenvalue weighted by atomic mass is 10.1. The molecule has 0 radical (unpaired) electrons. The van der Waals surface area contributed by atoms with E-state index in [9.17, 15) is 4.79 Å². The molecule has 1 unspecified atom stereocenters. The number of carbonyl (C=O) groups excluding carboxylic acids is 1. The zero-order chi connectivity index (χ0) is 15.5. The monoisotopic (exact) mass is 318 g/mol. The molecule has 0 aliphatic carbocycles. The molecule has 1 saturated heterocycles. The second-order valence-electron chi connectivity index (χ2n) is 5.52. The Labute approximate surface area is 134 Å². The van der Waals surface area contributed by atoms with Crippen LogP contribution in [0.2, 0.25) is 5.02 Å². The zero-order valence-electron chi connectivity index (χ0n) is 12.5. The van der Waals surface area contributed by atoms with Crippen LogP contribution in [0.3, 0.4) is 0 Å². The highest BCUT2D eigenvalue weighted by atomic mass is 35.5. The number of carbonyl (C=O) groups is 1. The number of hydrogen-bond donors (Lipinski definition) is 1. The van der Waals surface area contributed by atoms with Gasteiger partial charge in [-0.3, -0.25) is 14.7 Å². The van der Waals surface area contributed by atoms with E-state index in [2.05, 4.69) is 27.9 Å². The van der Waals surface area contributed by atoms with E-state index in [4.69, 9.17) is 11.6 Å². The van der Waals surface area contributed by atoms with Gasteiger partial charge < -0.3 is 9.88 Å². The highest BCUT2D eigenvalue weighted by molar-refractivity contribution is 6.30. The van der Waals surface area contributed by atoms with Crippen LogP contribution in [0.4, 0.5) is 0 Å². The minimum atomic E-state index is 0.0144. The molecule has 3 rings (SSSR count). The number of piperazine rings is 1. The van der Waals surface area contributed by atoms with Crippen molar-refractivity contribution in [3.63, 3.8) is 0 Å². The van der Waals surface area contributed by atoms with Gasteiger partial charge in [0.15, 0.2) is 0 Å². The minimum absolute atomic E-state index is 0.0144. The summed E-state index contributed by atoms with van der Waals surface area (Å²) in [5, 5.41) is 0.562. The number of H-pyrrole nitrogens is 1. The maximum atomic E-state index is 12.4. The molecule has 1 aliphatic heterocycles. The van der Waals surface area contributed by atoms with Crippen molar-refractivity contribution in [1.82, 2.24) is 19.8 Å². The van der Waals surface area contributed by atoms with Gasteiger partial charge in [-0.05, 0) is 24.6 Å². The second kappa shape index (κ2) is 6.50. The number of amides is 1. The van der Waals surface area contributed by atoms with Crippen LogP contribution in [0.1, 0.15) is 29.0 Å². The highest BCUT2D eigenvalue weighted by Crippen LogP contribution is 2.21. The summed E-state index contributed by atoms with van der Waals surface area (Å²) in [5.41, 5.74) is 1.76. The first-order chi connectivity index (χ1) is 10.6. The Morgan fingerprint density at radius 2 is 2.14 bits per heavy atom. The maximum absolute atomic E-state index is 12.4. The van der Waals surface area contributed by atoms with Crippen molar-refractivity contribution in [3.05, 3.63) is 53.1 Å². The SMILES string of the molecule is CC(c1cccnc1)N1CCN(C(=O)c2cc(Cl)c[nH]2)CC1. The Balaban J connectivity index is 1.59. The van der Waals surface area contributed by atoms with Gasteiger partial charge in [-0.2, -0.15) is 0 Å². The Bertz CT molecular complexity index is 635. The molecule has 5 nitrogen and oxygen atoms in total. The van der Waals surface area contributed by atoms with Crippen molar-refractivity contribution >= 4 is 17.5 Å². The zero-order valence-corrected chi connectivity index (χ0v) is 13.3. The molecular formula is C16H19ClN4O. The predicted octanol–water partition coefficient (Wildman–Crippen LogP) is 2.58. The number of halogens is 1. The third-order valence-electron chi connectivity index (χ3n) is 4.19. The molecule has 1 atom stereocenters. The summed E-state index contributed by atoms with van der Waals surface area (Å²) in [5.74, 6) is 0.0144. The van der Waals surface area contributed by atoms with Crippen molar-refractivity contribution in [2.24, 2.45) is 0 Å². The molecular weight excluding hydrogens is 300 g/mol. The molecule has 1 N–H and O–H groups in total. The van der Waals surface area contributed by atoms with E-state index in [0.29, 0.717) is 16.8 Å². The van der Waals surface area contributed by atoms with Gasteiger partial charge in [0.25, 0.3) is 5.91 Å². The smallest absolute Gasteiger partial charge is 0.270 e. The van der Waals surface area contributed by atoms with Crippen LogP contribution >= 0.6 is 11.6 Å². The van der Waals surface area contributed by atoms with Gasteiger partial charge >= 0.3 is 0 Å². The lowest BCUT2D eigenvalue weighted by Crippen LogP contribution is -2.49. The summed E-state index contributed by atoms with van der Waals surface area (Å²) < 4.78 is 0. The van der Waals surface area contributed by atoms with E-state index in [1.165, 1.54) is 5.56 Å². The van der Waals surface area contributed by atoms with Crippen LogP contribution in [0, 0.1) is 0 Å². The summed E-state index contributed by atoms with van der Waals surface area (Å²) >= 11 is 5.86. The number of aromatic nitrogens is 2. The molecule has 1 amide bonds. The molecule has 116 valence electrons. The van der Waals surface area contributed by atoms with Gasteiger partial charge in [0.05, 0.1) is 5.02 Å². The fourth-order valence-electron chi connectivity index (χ4n) is 2.81. The van der Waals surface area contributed by atoms with Crippen molar-refractivity contribution < 1.29 is 4.79 Å². The van der Waals surface area contributed by atoms with E-state index >= 15 is 0 Å². The van der Waals surface area contributed by atoms with Crippen molar-refractivity contribution in [3.8, 4) is 0 Å². The third-order valence-corrected chi connectivity index (χ3v) is 4.41. The van der Waals surface area contributed by atoms with Crippen molar-refractivity contribution in [2.75, 3.05) is 26.2 Å². The second-order valence-corrected chi connectivity index (χ2v) is 5.96. The van der Waals surface area contributed by atoms with Crippen LogP contribution in [-0.4, -0.2) is 51.9 Å². The summed E-state index contributed by atoms with van der Waals surface area (Å²) in [6.07, 6.45) is 5.33. The molecule has 0 saturated carbocycles. The van der Waals surface area contributed by atoms with Gasteiger partial charge in [-0.25, -0.2) is 0 Å². The van der Waals surface area contributed by atoms with Gasteiger partial charge in [0.2, 0.25) is 0 Å². The number of nitrogens with zero attached hydrogens (tertiary/aromatic N) is 3. The minimum Gasteiger partial charge on any atom is -0.356 e. The maximum Gasteiger partial charge on any atom is 0.270 e. The number of aromatic amines is 1. The van der Waals surface area contributed by atoms with E-state index < -0.39 is 0 Å². The fraction of sp³-hybridized carbons (Fsp3) is 0.375. The van der Waals surface area contributed by atoms with Crippen LogP contribution in [0.5, 0.6) is 0 Å². The average Bonchev–Trinajstić information content (AvgIpc) is 3.01. The molecule has 1 fully saturated rings. The summed E-state index contributed by atoms with van der Waals surface area (Å²) in [7, 11) is 0. The molecule has 1 aliphatic rings. The normalized spacial score (nSPS) is 17.5. The van der Waals surface area contributed by atoms with Crippen LogP contribution in [0.25, 0.3) is 0 Å². The molecule has 22 heavy (non-hydrogen) atoms. The van der Waals surface area contributed by atoms with Crippen molar-refractivity contribution in [1.29, 1.82) is 0 Å². The van der Waals surface area contributed by atoms with E-state index in [1.807, 2.05) is 17.2 Å². The first kappa shape index (κ1) is 15.1. The summed E-state index contributed by atoms with van der Waals surface area (Å²) in [4.78, 5) is 23.7. The van der Waals surface area contributed by atoms with Crippen LogP contribution in [0.15, 0.2) is 36.8 Å². The third kappa shape index (κ3) is 3.15. The first-order valence-electron chi connectivity index (χ1n) is 7.42. The predicted molar refractivity (Wildman–Crippen MR) is 85.9 cm³/mol. The van der Waals surface area contributed by atoms with E-state index in [1.54, 1.807) is 18.5 Å². The quantitative estimate of drug-likeness (QED) is 0.946. The summed E-state index contributed by atoms with van der Waals surface area (Å²) in [6, 6.07) is 6.04. The lowest BCUT2D eigenvalue weighted by Gasteiger charge is -2.38. The largest absolute Gasteiger partial charge is 0.356 e. The Morgan fingerprint density at radius 1 is 1.36 bits per heavy atom. The molecule has 0 bridgehead atoms. The Morgan fingerprint density at radius 3 is 2.73 bits per heavy atom. The highest BCUT2D eigenvalue weighted by Gasteiger charge is 2.26. The lowest BCUT2D eigenvalue weighted by molar-refractivity contribution is 0.0577. The van der Waals surface area contributed by atoms with Crippen LogP contribution < -0.4 is 0 Å². The number of nitrogens with one attached hydrogen (secondary N) is 1. The van der Waals surface area contributed by atoms with E-state index in [0.717, 1.165) is 26.2 Å². The van der Waals surface area contributed by atoms with Gasteiger partial charge in [0, 0.05) is 50.8 Å². The van der Waals surface area contributed by atoms with E-state index in [-0.39, 0.29) is 5.91 Å². The van der Waals surface area contributed by atoms with Gasteiger partial charge in [0.1, 0.15) is 5.69 Å². The topological polar surface area (TPSA) is 52.2 Å². The fourth-order valence-corrected chi connectivity index (χ4v) is 2.97. The molecule has 0 spiro atoms. The Hall–Kier alpha value is -1.85. The molecule has 0 aromatic carbocycles. The molecule has 2 aromatic heterocycles. The number of pyridine rings is 1. The van der Waals surface area contributed by atoms with Gasteiger partial charge in [-0.15, -0.1) is 0 Å². The summed E-state index contributed by atoms with van der Waals surface area (Å²) in [6.45, 7) is 5.34. The van der Waals surface area contributed by atoms with Gasteiger partial charge in [-0.1, -0.05) is 17.7 Å². The number of rotatable bonds is 3.